The number of piperazine rings is 1. The first-order valence-corrected chi connectivity index (χ1v) is 6.44. The summed E-state index contributed by atoms with van der Waals surface area (Å²) in [5, 5.41) is 3.57. The van der Waals surface area contributed by atoms with Gasteiger partial charge < -0.3 is 5.32 Å². The molecule has 2 heteroatoms. The van der Waals surface area contributed by atoms with E-state index in [2.05, 4.69) is 54.1 Å². The average Bonchev–Trinajstić information content (AvgIpc) is 2.37. The van der Waals surface area contributed by atoms with Crippen molar-refractivity contribution >= 4 is 0 Å². The normalized spacial score (nSPS) is 25.7. The van der Waals surface area contributed by atoms with Crippen LogP contribution >= 0.6 is 0 Å². The van der Waals surface area contributed by atoms with E-state index in [4.69, 9.17) is 0 Å². The molecule has 1 aromatic carbocycles. The van der Waals surface area contributed by atoms with Gasteiger partial charge in [0, 0.05) is 31.7 Å². The first-order valence-electron chi connectivity index (χ1n) is 6.44. The van der Waals surface area contributed by atoms with Crippen LogP contribution < -0.4 is 5.32 Å². The Kier molecular flexibility index (Phi) is 4.35. The molecule has 1 N–H and O–H groups in total. The van der Waals surface area contributed by atoms with Crippen molar-refractivity contribution in [2.45, 2.75) is 25.4 Å². The summed E-state index contributed by atoms with van der Waals surface area (Å²) < 4.78 is 0. The highest BCUT2D eigenvalue weighted by Crippen LogP contribution is 2.23. The van der Waals surface area contributed by atoms with Gasteiger partial charge in [0.25, 0.3) is 0 Å². The molecule has 0 spiro atoms. The fourth-order valence-electron chi connectivity index (χ4n) is 2.49. The molecule has 2 nitrogen and oxygen atoms in total. The molecule has 1 aliphatic rings. The molecule has 1 fully saturated rings. The monoisotopic (exact) mass is 230 g/mol. The standard InChI is InChI=1S/C15H22N2/c1-3-4-10-17-12-13(2)16-11-15(17)14-8-6-5-7-9-14/h3,5-9,13,15-16H,1,4,10-12H2,2H3. The molecule has 2 atom stereocenters. The minimum atomic E-state index is 0.507. The number of rotatable bonds is 4. The molecule has 2 rings (SSSR count). The Bertz CT molecular complexity index is 347. The molecule has 2 unspecified atom stereocenters. The predicted molar refractivity (Wildman–Crippen MR) is 73.0 cm³/mol. The van der Waals surface area contributed by atoms with Crippen LogP contribution in [-0.2, 0) is 0 Å². The first kappa shape index (κ1) is 12.3. The molecule has 17 heavy (non-hydrogen) atoms. The Hall–Kier alpha value is -1.12. The van der Waals surface area contributed by atoms with Crippen LogP contribution in [0.2, 0.25) is 0 Å². The number of benzene rings is 1. The van der Waals surface area contributed by atoms with Crippen LogP contribution in [0.25, 0.3) is 0 Å². The summed E-state index contributed by atoms with van der Waals surface area (Å²) in [5.74, 6) is 0. The highest BCUT2D eigenvalue weighted by Gasteiger charge is 2.25. The Balaban J connectivity index is 2.09. The van der Waals surface area contributed by atoms with Crippen molar-refractivity contribution in [1.82, 2.24) is 10.2 Å². The van der Waals surface area contributed by atoms with E-state index >= 15 is 0 Å². The SMILES string of the molecule is C=CCCN1CC(C)NCC1c1ccccc1. The van der Waals surface area contributed by atoms with Gasteiger partial charge in [-0.25, -0.2) is 0 Å². The van der Waals surface area contributed by atoms with Gasteiger partial charge in [-0.05, 0) is 18.9 Å². The summed E-state index contributed by atoms with van der Waals surface area (Å²) >= 11 is 0. The number of nitrogens with one attached hydrogen (secondary N) is 1. The summed E-state index contributed by atoms with van der Waals surface area (Å²) in [7, 11) is 0. The second-order valence-electron chi connectivity index (χ2n) is 4.81. The van der Waals surface area contributed by atoms with E-state index in [0.29, 0.717) is 12.1 Å². The molecule has 0 amide bonds. The van der Waals surface area contributed by atoms with Crippen molar-refractivity contribution < 1.29 is 0 Å². The lowest BCUT2D eigenvalue weighted by Gasteiger charge is -2.39. The van der Waals surface area contributed by atoms with Gasteiger partial charge in [0.15, 0.2) is 0 Å². The number of hydrogen-bond acceptors (Lipinski definition) is 2. The maximum absolute atomic E-state index is 3.82. The Morgan fingerprint density at radius 1 is 1.41 bits per heavy atom. The van der Waals surface area contributed by atoms with Gasteiger partial charge in [0.1, 0.15) is 0 Å². The molecule has 1 saturated heterocycles. The summed E-state index contributed by atoms with van der Waals surface area (Å²) in [6.07, 6.45) is 3.07. The van der Waals surface area contributed by atoms with Crippen LogP contribution in [0.3, 0.4) is 0 Å². The Morgan fingerprint density at radius 3 is 2.88 bits per heavy atom. The van der Waals surface area contributed by atoms with Crippen molar-refractivity contribution in [2.24, 2.45) is 0 Å². The maximum Gasteiger partial charge on any atom is 0.0473 e. The highest BCUT2D eigenvalue weighted by atomic mass is 15.2. The fraction of sp³-hybridized carbons (Fsp3) is 0.467. The van der Waals surface area contributed by atoms with Gasteiger partial charge in [0.05, 0.1) is 0 Å². The Morgan fingerprint density at radius 2 is 2.18 bits per heavy atom. The van der Waals surface area contributed by atoms with Gasteiger partial charge in [0.2, 0.25) is 0 Å². The van der Waals surface area contributed by atoms with Gasteiger partial charge in [-0.3, -0.25) is 4.90 Å². The zero-order valence-corrected chi connectivity index (χ0v) is 10.6. The van der Waals surface area contributed by atoms with Gasteiger partial charge >= 0.3 is 0 Å². The molecule has 1 aromatic rings. The molecule has 1 heterocycles. The topological polar surface area (TPSA) is 15.3 Å². The zero-order valence-electron chi connectivity index (χ0n) is 10.6. The molecule has 1 aliphatic heterocycles. The molecule has 0 aromatic heterocycles. The predicted octanol–water partition coefficient (Wildman–Crippen LogP) is 2.60. The van der Waals surface area contributed by atoms with Crippen molar-refractivity contribution in [3.63, 3.8) is 0 Å². The molecule has 0 aliphatic carbocycles. The van der Waals surface area contributed by atoms with Crippen LogP contribution in [0.4, 0.5) is 0 Å². The molecule has 0 saturated carbocycles. The van der Waals surface area contributed by atoms with Crippen LogP contribution in [0.1, 0.15) is 24.9 Å². The molecular formula is C15H22N2. The molecule has 92 valence electrons. The van der Waals surface area contributed by atoms with Crippen LogP contribution in [-0.4, -0.2) is 30.6 Å². The lowest BCUT2D eigenvalue weighted by molar-refractivity contribution is 0.138. The maximum atomic E-state index is 3.82. The van der Waals surface area contributed by atoms with Crippen LogP contribution in [0.5, 0.6) is 0 Å². The first-order chi connectivity index (χ1) is 8.31. The van der Waals surface area contributed by atoms with Gasteiger partial charge in [-0.1, -0.05) is 36.4 Å². The number of hydrogen-bond donors (Lipinski definition) is 1. The second-order valence-corrected chi connectivity index (χ2v) is 4.81. The third-order valence-corrected chi connectivity index (χ3v) is 3.41. The van der Waals surface area contributed by atoms with E-state index in [1.807, 2.05) is 6.08 Å². The van der Waals surface area contributed by atoms with Crippen LogP contribution in [0.15, 0.2) is 43.0 Å². The van der Waals surface area contributed by atoms with E-state index in [1.165, 1.54) is 5.56 Å². The third kappa shape index (κ3) is 3.18. The second kappa shape index (κ2) is 5.99. The van der Waals surface area contributed by atoms with Crippen molar-refractivity contribution in [3.8, 4) is 0 Å². The zero-order chi connectivity index (χ0) is 12.1. The van der Waals surface area contributed by atoms with Crippen molar-refractivity contribution in [3.05, 3.63) is 48.6 Å². The largest absolute Gasteiger partial charge is 0.311 e. The van der Waals surface area contributed by atoms with Crippen molar-refractivity contribution in [2.75, 3.05) is 19.6 Å². The van der Waals surface area contributed by atoms with E-state index < -0.39 is 0 Å². The number of nitrogens with zero attached hydrogens (tertiary/aromatic N) is 1. The van der Waals surface area contributed by atoms with E-state index in [1.54, 1.807) is 0 Å². The molecular weight excluding hydrogens is 208 g/mol. The van der Waals surface area contributed by atoms with Gasteiger partial charge in [-0.2, -0.15) is 0 Å². The van der Waals surface area contributed by atoms with E-state index in [0.717, 1.165) is 26.1 Å². The lowest BCUT2D eigenvalue weighted by Crippen LogP contribution is -2.51. The van der Waals surface area contributed by atoms with Crippen molar-refractivity contribution in [1.29, 1.82) is 0 Å². The fourth-order valence-corrected chi connectivity index (χ4v) is 2.49. The third-order valence-electron chi connectivity index (χ3n) is 3.41. The lowest BCUT2D eigenvalue weighted by atomic mass is 10.0. The quantitative estimate of drug-likeness (QED) is 0.800. The van der Waals surface area contributed by atoms with E-state index in [-0.39, 0.29) is 0 Å². The van der Waals surface area contributed by atoms with E-state index in [9.17, 15) is 0 Å². The summed E-state index contributed by atoms with van der Waals surface area (Å²) in [6, 6.07) is 11.9. The smallest absolute Gasteiger partial charge is 0.0473 e. The Labute approximate surface area is 104 Å². The highest BCUT2D eigenvalue weighted by molar-refractivity contribution is 5.20. The van der Waals surface area contributed by atoms with Crippen LogP contribution in [0, 0.1) is 0 Å². The minimum Gasteiger partial charge on any atom is -0.311 e. The summed E-state index contributed by atoms with van der Waals surface area (Å²) in [4.78, 5) is 2.57. The molecule has 0 bridgehead atoms. The summed E-state index contributed by atoms with van der Waals surface area (Å²) in [5.41, 5.74) is 1.41. The minimum absolute atomic E-state index is 0.507. The average molecular weight is 230 g/mol. The van der Waals surface area contributed by atoms with Gasteiger partial charge in [-0.15, -0.1) is 6.58 Å². The molecule has 0 radical (unpaired) electrons. The summed E-state index contributed by atoms with van der Waals surface area (Å²) in [6.45, 7) is 9.34.